The first kappa shape index (κ1) is 12.9. The highest BCUT2D eigenvalue weighted by molar-refractivity contribution is 5.96. The highest BCUT2D eigenvalue weighted by Gasteiger charge is 2.51. The molecule has 1 aromatic rings. The highest BCUT2D eigenvalue weighted by atomic mass is 16.4. The Balaban J connectivity index is 1.80. The Labute approximate surface area is 117 Å². The lowest BCUT2D eigenvalue weighted by Crippen LogP contribution is -2.36. The van der Waals surface area contributed by atoms with E-state index >= 15 is 0 Å². The second-order valence-corrected chi connectivity index (χ2v) is 5.70. The molecule has 4 atom stereocenters. The smallest absolute Gasteiger partial charge is 0.307 e. The molecule has 2 aliphatic carbocycles. The van der Waals surface area contributed by atoms with E-state index in [1.54, 1.807) is 0 Å². The number of carboxylic acids is 1. The Morgan fingerprint density at radius 1 is 1.20 bits per heavy atom. The minimum Gasteiger partial charge on any atom is -0.481 e. The van der Waals surface area contributed by atoms with Crippen LogP contribution < -0.4 is 5.32 Å². The first-order valence-corrected chi connectivity index (χ1v) is 6.85. The summed E-state index contributed by atoms with van der Waals surface area (Å²) in [5, 5.41) is 12.2. The summed E-state index contributed by atoms with van der Waals surface area (Å²) in [7, 11) is 0. The maximum atomic E-state index is 12.4. The van der Waals surface area contributed by atoms with Crippen LogP contribution in [0.4, 0.5) is 5.69 Å². The number of rotatable bonds is 3. The van der Waals surface area contributed by atoms with Crippen LogP contribution in [0, 0.1) is 30.6 Å². The molecule has 4 nitrogen and oxygen atoms in total. The molecule has 104 valence electrons. The van der Waals surface area contributed by atoms with E-state index in [1.807, 2.05) is 43.3 Å². The number of aliphatic carboxylic acids is 1. The maximum absolute atomic E-state index is 12.4. The number of hydrogen-bond acceptors (Lipinski definition) is 2. The fourth-order valence-corrected chi connectivity index (χ4v) is 3.46. The van der Waals surface area contributed by atoms with Crippen molar-refractivity contribution in [2.24, 2.45) is 23.7 Å². The van der Waals surface area contributed by atoms with Crippen LogP contribution in [0.5, 0.6) is 0 Å². The zero-order valence-electron chi connectivity index (χ0n) is 11.2. The number of benzene rings is 1. The normalized spacial score (nSPS) is 30.4. The molecule has 0 aromatic heterocycles. The Morgan fingerprint density at radius 3 is 2.55 bits per heavy atom. The molecule has 3 rings (SSSR count). The van der Waals surface area contributed by atoms with Gasteiger partial charge in [-0.1, -0.05) is 24.3 Å². The van der Waals surface area contributed by atoms with Gasteiger partial charge in [-0.05, 0) is 42.9 Å². The third-order valence-electron chi connectivity index (χ3n) is 4.33. The molecule has 4 heteroatoms. The predicted molar refractivity (Wildman–Crippen MR) is 75.2 cm³/mol. The number of amides is 1. The van der Waals surface area contributed by atoms with Gasteiger partial charge >= 0.3 is 5.97 Å². The van der Waals surface area contributed by atoms with E-state index in [0.717, 1.165) is 17.7 Å². The molecule has 2 bridgehead atoms. The van der Waals surface area contributed by atoms with Crippen molar-refractivity contribution in [2.75, 3.05) is 5.32 Å². The summed E-state index contributed by atoms with van der Waals surface area (Å²) in [6.07, 6.45) is 4.72. The fraction of sp³-hybridized carbons (Fsp3) is 0.375. The van der Waals surface area contributed by atoms with Crippen LogP contribution in [0.3, 0.4) is 0 Å². The minimum absolute atomic E-state index is 0.00533. The molecule has 0 heterocycles. The van der Waals surface area contributed by atoms with Gasteiger partial charge in [0.2, 0.25) is 5.91 Å². The van der Waals surface area contributed by atoms with Crippen LogP contribution in [0.2, 0.25) is 0 Å². The average Bonchev–Trinajstić information content (AvgIpc) is 2.98. The average molecular weight is 271 g/mol. The van der Waals surface area contributed by atoms with Crippen molar-refractivity contribution in [3.63, 3.8) is 0 Å². The molecule has 1 saturated carbocycles. The summed E-state index contributed by atoms with van der Waals surface area (Å²) < 4.78 is 0. The van der Waals surface area contributed by atoms with Crippen LogP contribution in [-0.4, -0.2) is 17.0 Å². The maximum Gasteiger partial charge on any atom is 0.307 e. The van der Waals surface area contributed by atoms with Gasteiger partial charge in [-0.3, -0.25) is 9.59 Å². The summed E-state index contributed by atoms with van der Waals surface area (Å²) in [5.41, 5.74) is 1.79. The van der Waals surface area contributed by atoms with Gasteiger partial charge in [-0.2, -0.15) is 0 Å². The quantitative estimate of drug-likeness (QED) is 0.830. The van der Waals surface area contributed by atoms with Crippen LogP contribution in [0.1, 0.15) is 12.0 Å². The predicted octanol–water partition coefficient (Wildman–Crippen LogP) is 2.46. The molecule has 2 aliphatic rings. The van der Waals surface area contributed by atoms with Gasteiger partial charge in [-0.25, -0.2) is 0 Å². The number of allylic oxidation sites excluding steroid dienone is 2. The number of carbonyl (C=O) groups is 2. The SMILES string of the molecule is Cc1cccc(NC(=O)[C@H]2[C@@H](C(=O)O)[C@H]3C=C[C@@H]2C3)c1. The molecule has 20 heavy (non-hydrogen) atoms. The molecule has 2 N–H and O–H groups in total. The standard InChI is InChI=1S/C16H17NO3/c1-9-3-2-4-12(7-9)17-15(18)13-10-5-6-11(8-10)14(13)16(19)20/h2-7,10-11,13-14H,8H2,1H3,(H,17,18)(H,19,20)/t10-,11+,13-,14+/m1/s1. The van der Waals surface area contributed by atoms with Gasteiger partial charge in [0.25, 0.3) is 0 Å². The van der Waals surface area contributed by atoms with Crippen LogP contribution in [0.25, 0.3) is 0 Å². The fourth-order valence-electron chi connectivity index (χ4n) is 3.46. The second kappa shape index (κ2) is 4.78. The topological polar surface area (TPSA) is 66.4 Å². The van der Waals surface area contributed by atoms with E-state index in [1.165, 1.54) is 0 Å². The first-order valence-electron chi connectivity index (χ1n) is 6.85. The molecule has 0 radical (unpaired) electrons. The number of anilines is 1. The van der Waals surface area contributed by atoms with E-state index < -0.39 is 17.8 Å². The van der Waals surface area contributed by atoms with Crippen LogP contribution >= 0.6 is 0 Å². The summed E-state index contributed by atoms with van der Waals surface area (Å²) >= 11 is 0. The number of nitrogens with one attached hydrogen (secondary N) is 1. The number of aryl methyl sites for hydroxylation is 1. The van der Waals surface area contributed by atoms with Crippen molar-refractivity contribution >= 4 is 17.6 Å². The molecular formula is C16H17NO3. The Kier molecular flexibility index (Phi) is 3.08. The van der Waals surface area contributed by atoms with E-state index in [0.29, 0.717) is 0 Å². The Hall–Kier alpha value is -2.10. The van der Waals surface area contributed by atoms with Gasteiger partial charge in [0.1, 0.15) is 0 Å². The van der Waals surface area contributed by atoms with E-state index in [4.69, 9.17) is 0 Å². The van der Waals surface area contributed by atoms with E-state index in [2.05, 4.69) is 5.32 Å². The van der Waals surface area contributed by atoms with E-state index in [9.17, 15) is 14.7 Å². The second-order valence-electron chi connectivity index (χ2n) is 5.70. The highest BCUT2D eigenvalue weighted by Crippen LogP contribution is 2.48. The third-order valence-corrected chi connectivity index (χ3v) is 4.33. The van der Waals surface area contributed by atoms with E-state index in [-0.39, 0.29) is 17.7 Å². The van der Waals surface area contributed by atoms with Crippen molar-refractivity contribution in [3.8, 4) is 0 Å². The molecule has 0 unspecified atom stereocenters. The van der Waals surface area contributed by atoms with Gasteiger partial charge in [0, 0.05) is 5.69 Å². The van der Waals surface area contributed by atoms with Gasteiger partial charge in [-0.15, -0.1) is 0 Å². The number of carbonyl (C=O) groups excluding carboxylic acids is 1. The zero-order valence-corrected chi connectivity index (χ0v) is 11.2. The lowest BCUT2D eigenvalue weighted by molar-refractivity contribution is -0.146. The van der Waals surface area contributed by atoms with Crippen molar-refractivity contribution in [1.29, 1.82) is 0 Å². The number of hydrogen-bond donors (Lipinski definition) is 2. The summed E-state index contributed by atoms with van der Waals surface area (Å²) in [6, 6.07) is 7.54. The minimum atomic E-state index is -0.869. The van der Waals surface area contributed by atoms with Gasteiger partial charge in [0.05, 0.1) is 11.8 Å². The summed E-state index contributed by atoms with van der Waals surface area (Å²) in [5.74, 6) is -2.03. The van der Waals surface area contributed by atoms with Crippen molar-refractivity contribution in [1.82, 2.24) is 0 Å². The van der Waals surface area contributed by atoms with Crippen LogP contribution in [-0.2, 0) is 9.59 Å². The Bertz CT molecular complexity index is 593. The largest absolute Gasteiger partial charge is 0.481 e. The molecule has 0 saturated heterocycles. The first-order chi connectivity index (χ1) is 9.56. The van der Waals surface area contributed by atoms with Gasteiger partial charge < -0.3 is 10.4 Å². The third kappa shape index (κ3) is 2.11. The van der Waals surface area contributed by atoms with Crippen LogP contribution in [0.15, 0.2) is 36.4 Å². The lowest BCUT2D eigenvalue weighted by Gasteiger charge is -2.23. The number of fused-ring (bicyclic) bond motifs is 2. The van der Waals surface area contributed by atoms with Gasteiger partial charge in [0.15, 0.2) is 0 Å². The lowest BCUT2D eigenvalue weighted by atomic mass is 9.82. The monoisotopic (exact) mass is 271 g/mol. The molecule has 1 fully saturated rings. The molecule has 1 amide bonds. The summed E-state index contributed by atoms with van der Waals surface area (Å²) in [6.45, 7) is 1.95. The number of carboxylic acid groups (broad SMARTS) is 1. The summed E-state index contributed by atoms with van der Waals surface area (Å²) in [4.78, 5) is 23.8. The molecular weight excluding hydrogens is 254 g/mol. The molecule has 0 spiro atoms. The zero-order chi connectivity index (χ0) is 14.3. The van der Waals surface area contributed by atoms with Crippen molar-refractivity contribution in [2.45, 2.75) is 13.3 Å². The molecule has 1 aromatic carbocycles. The Morgan fingerprint density at radius 2 is 1.90 bits per heavy atom. The van der Waals surface area contributed by atoms with Crippen molar-refractivity contribution < 1.29 is 14.7 Å². The van der Waals surface area contributed by atoms with Crippen molar-refractivity contribution in [3.05, 3.63) is 42.0 Å². The molecule has 0 aliphatic heterocycles.